The highest BCUT2D eigenvalue weighted by atomic mass is 32.2. The molecule has 7 nitrogen and oxygen atoms in total. The molecule has 0 aliphatic heterocycles. The molecule has 0 saturated carbocycles. The Balaban J connectivity index is 2.90. The first-order valence-electron chi connectivity index (χ1n) is 5.71. The molecule has 0 aliphatic carbocycles. The van der Waals surface area contributed by atoms with E-state index >= 15 is 0 Å². The lowest BCUT2D eigenvalue weighted by Gasteiger charge is -2.14. The van der Waals surface area contributed by atoms with Gasteiger partial charge in [0.2, 0.25) is 10.0 Å². The quantitative estimate of drug-likeness (QED) is 0.640. The number of hydrogen-bond acceptors (Lipinski definition) is 5. The molecular weight excluding hydrogens is 284 g/mol. The monoisotopic (exact) mass is 298 g/mol. The Morgan fingerprint density at radius 2 is 2.05 bits per heavy atom. The van der Waals surface area contributed by atoms with Crippen molar-refractivity contribution < 1.29 is 23.4 Å². The zero-order valence-corrected chi connectivity index (χ0v) is 11.3. The third kappa shape index (κ3) is 4.62. The lowest BCUT2D eigenvalue weighted by molar-refractivity contribution is -0.139. The third-order valence-electron chi connectivity index (χ3n) is 2.52. The number of rotatable bonds is 7. The molecule has 0 spiro atoms. The highest BCUT2D eigenvalue weighted by Crippen LogP contribution is 2.11. The van der Waals surface area contributed by atoms with Crippen LogP contribution in [0.25, 0.3) is 0 Å². The van der Waals surface area contributed by atoms with Crippen molar-refractivity contribution >= 4 is 16.0 Å². The van der Waals surface area contributed by atoms with Gasteiger partial charge in [0.05, 0.1) is 17.4 Å². The minimum Gasteiger partial charge on any atom is -0.480 e. The Bertz CT molecular complexity index is 621. The fourth-order valence-electron chi connectivity index (χ4n) is 1.58. The maximum absolute atomic E-state index is 11.9. The number of sulfonamides is 1. The predicted octanol–water partition coefficient (Wildman–Crippen LogP) is -0.187. The van der Waals surface area contributed by atoms with E-state index in [1.54, 1.807) is 12.1 Å². The predicted molar refractivity (Wildman–Crippen MR) is 70.0 cm³/mol. The molecule has 0 radical (unpaired) electrons. The van der Waals surface area contributed by atoms with E-state index in [2.05, 4.69) is 0 Å². The van der Waals surface area contributed by atoms with Crippen LogP contribution in [0.15, 0.2) is 24.3 Å². The Morgan fingerprint density at radius 3 is 2.60 bits per heavy atom. The van der Waals surface area contributed by atoms with Gasteiger partial charge in [0.15, 0.2) is 0 Å². The molecule has 8 heteroatoms. The van der Waals surface area contributed by atoms with Crippen LogP contribution >= 0.6 is 0 Å². The van der Waals surface area contributed by atoms with Crippen molar-refractivity contribution in [2.45, 2.75) is 18.2 Å². The maximum Gasteiger partial charge on any atom is 0.321 e. The molecule has 20 heavy (non-hydrogen) atoms. The smallest absolute Gasteiger partial charge is 0.321 e. The van der Waals surface area contributed by atoms with Gasteiger partial charge in [0.25, 0.3) is 0 Å². The summed E-state index contributed by atoms with van der Waals surface area (Å²) in [5.74, 6) is -1.86. The first-order chi connectivity index (χ1) is 9.39. The van der Waals surface area contributed by atoms with Crippen molar-refractivity contribution in [3.8, 4) is 6.07 Å². The lowest BCUT2D eigenvalue weighted by Crippen LogP contribution is -2.41. The van der Waals surface area contributed by atoms with Crippen molar-refractivity contribution in [3.63, 3.8) is 0 Å². The van der Waals surface area contributed by atoms with Crippen LogP contribution in [-0.2, 0) is 20.6 Å². The van der Waals surface area contributed by atoms with Gasteiger partial charge in [-0.1, -0.05) is 18.2 Å². The van der Waals surface area contributed by atoms with E-state index in [1.165, 1.54) is 12.1 Å². The van der Waals surface area contributed by atoms with Gasteiger partial charge >= 0.3 is 5.97 Å². The summed E-state index contributed by atoms with van der Waals surface area (Å²) in [6.07, 6.45) is -0.228. The summed E-state index contributed by atoms with van der Waals surface area (Å²) in [6.45, 7) is -0.450. The van der Waals surface area contributed by atoms with Crippen LogP contribution < -0.4 is 4.72 Å². The Kier molecular flexibility index (Phi) is 5.64. The van der Waals surface area contributed by atoms with Crippen LogP contribution in [0.4, 0.5) is 0 Å². The number of nitriles is 1. The third-order valence-corrected chi connectivity index (χ3v) is 3.86. The molecule has 0 fully saturated rings. The fourth-order valence-corrected chi connectivity index (χ4v) is 2.98. The second kappa shape index (κ2) is 7.00. The van der Waals surface area contributed by atoms with Crippen molar-refractivity contribution in [2.75, 3.05) is 6.61 Å². The molecule has 3 N–H and O–H groups in total. The molecular formula is C12H14N2O5S. The van der Waals surface area contributed by atoms with Gasteiger partial charge in [-0.15, -0.1) is 0 Å². The summed E-state index contributed by atoms with van der Waals surface area (Å²) in [6, 6.07) is 6.64. The summed E-state index contributed by atoms with van der Waals surface area (Å²) in [5, 5.41) is 26.4. The van der Waals surface area contributed by atoms with Gasteiger partial charge in [-0.2, -0.15) is 5.26 Å². The van der Waals surface area contributed by atoms with E-state index in [1.807, 2.05) is 10.8 Å². The number of carboxylic acid groups (broad SMARTS) is 1. The molecule has 0 saturated heterocycles. The molecule has 1 aromatic carbocycles. The summed E-state index contributed by atoms with van der Waals surface area (Å²) >= 11 is 0. The Morgan fingerprint density at radius 1 is 1.40 bits per heavy atom. The van der Waals surface area contributed by atoms with E-state index in [-0.39, 0.29) is 17.5 Å². The van der Waals surface area contributed by atoms with Crippen LogP contribution in [0.2, 0.25) is 0 Å². The van der Waals surface area contributed by atoms with Crippen LogP contribution in [0, 0.1) is 11.3 Å². The first kappa shape index (κ1) is 16.1. The molecule has 0 aromatic heterocycles. The largest absolute Gasteiger partial charge is 0.480 e. The van der Waals surface area contributed by atoms with E-state index < -0.39 is 34.4 Å². The molecule has 0 aliphatic rings. The van der Waals surface area contributed by atoms with E-state index in [0.717, 1.165) is 0 Å². The van der Waals surface area contributed by atoms with Gasteiger partial charge in [0.1, 0.15) is 6.04 Å². The molecule has 1 rings (SSSR count). The molecule has 1 atom stereocenters. The van der Waals surface area contributed by atoms with E-state index in [0.29, 0.717) is 0 Å². The zero-order valence-electron chi connectivity index (χ0n) is 10.5. The number of aliphatic hydroxyl groups excluding tert-OH is 1. The molecule has 0 unspecified atom stereocenters. The van der Waals surface area contributed by atoms with Gasteiger partial charge in [0, 0.05) is 6.61 Å². The topological polar surface area (TPSA) is 127 Å². The van der Waals surface area contributed by atoms with Gasteiger partial charge in [-0.05, 0) is 18.1 Å². The SMILES string of the molecule is N#Cc1ccccc1CS(=O)(=O)N[C@H](CCO)C(=O)O. The molecule has 0 amide bonds. The number of benzene rings is 1. The second-order valence-corrected chi connectivity index (χ2v) is 5.80. The number of nitrogens with one attached hydrogen (secondary N) is 1. The maximum atomic E-state index is 11.9. The summed E-state index contributed by atoms with van der Waals surface area (Å²) in [7, 11) is -3.93. The molecule has 0 bridgehead atoms. The lowest BCUT2D eigenvalue weighted by atomic mass is 10.1. The van der Waals surface area contributed by atoms with Crippen LogP contribution in [0.5, 0.6) is 0 Å². The van der Waals surface area contributed by atoms with Crippen LogP contribution in [-0.4, -0.2) is 37.2 Å². The zero-order chi connectivity index (χ0) is 15.2. The van der Waals surface area contributed by atoms with Crippen LogP contribution in [0.3, 0.4) is 0 Å². The van der Waals surface area contributed by atoms with E-state index in [4.69, 9.17) is 15.5 Å². The average molecular weight is 298 g/mol. The summed E-state index contributed by atoms with van der Waals surface area (Å²) < 4.78 is 25.8. The Hall–Kier alpha value is -1.95. The minimum absolute atomic E-state index is 0.215. The molecule has 0 heterocycles. The molecule has 108 valence electrons. The first-order valence-corrected chi connectivity index (χ1v) is 7.36. The Labute approximate surface area is 116 Å². The number of nitrogens with zero attached hydrogens (tertiary/aromatic N) is 1. The van der Waals surface area contributed by atoms with Gasteiger partial charge in [-0.25, -0.2) is 13.1 Å². The summed E-state index contributed by atoms with van der Waals surface area (Å²) in [4.78, 5) is 10.9. The van der Waals surface area contributed by atoms with Gasteiger partial charge < -0.3 is 10.2 Å². The number of hydrogen-bond donors (Lipinski definition) is 3. The second-order valence-electron chi connectivity index (χ2n) is 4.05. The van der Waals surface area contributed by atoms with Crippen LogP contribution in [0.1, 0.15) is 17.5 Å². The number of carboxylic acids is 1. The fraction of sp³-hybridized carbons (Fsp3) is 0.333. The van der Waals surface area contributed by atoms with Crippen molar-refractivity contribution in [1.82, 2.24) is 4.72 Å². The van der Waals surface area contributed by atoms with Gasteiger partial charge in [-0.3, -0.25) is 4.79 Å². The minimum atomic E-state index is -3.93. The highest BCUT2D eigenvalue weighted by Gasteiger charge is 2.24. The van der Waals surface area contributed by atoms with E-state index in [9.17, 15) is 13.2 Å². The molecule has 1 aromatic rings. The number of aliphatic hydroxyl groups is 1. The normalized spacial score (nSPS) is 12.6. The van der Waals surface area contributed by atoms with Crippen molar-refractivity contribution in [3.05, 3.63) is 35.4 Å². The number of carbonyl (C=O) groups is 1. The number of aliphatic carboxylic acids is 1. The summed E-state index contributed by atoms with van der Waals surface area (Å²) in [5.41, 5.74) is 0.502. The van der Waals surface area contributed by atoms with Crippen molar-refractivity contribution in [2.24, 2.45) is 0 Å². The average Bonchev–Trinajstić information content (AvgIpc) is 2.38. The van der Waals surface area contributed by atoms with Crippen molar-refractivity contribution in [1.29, 1.82) is 5.26 Å². The highest BCUT2D eigenvalue weighted by molar-refractivity contribution is 7.88. The standard InChI is InChI=1S/C12H14N2O5S/c13-7-9-3-1-2-4-10(9)8-20(18,19)14-11(5-6-15)12(16)17/h1-4,11,14-15H,5-6,8H2,(H,16,17)/t11-/m1/s1.